The largest absolute Gasteiger partial charge is 0.263 e. The van der Waals surface area contributed by atoms with E-state index in [-0.39, 0.29) is 4.90 Å². The summed E-state index contributed by atoms with van der Waals surface area (Å²) in [6.07, 6.45) is 1.55. The van der Waals surface area contributed by atoms with Crippen LogP contribution in [-0.2, 0) is 9.05 Å². The Hall–Kier alpha value is -1.13. The Labute approximate surface area is 92.1 Å². The number of hydrogen-bond donors (Lipinski definition) is 0. The molecule has 78 valence electrons. The monoisotopic (exact) mass is 241 g/mol. The quantitative estimate of drug-likeness (QED) is 0.721. The maximum atomic E-state index is 11.3. The van der Waals surface area contributed by atoms with Crippen molar-refractivity contribution in [1.82, 2.24) is 4.98 Å². The summed E-state index contributed by atoms with van der Waals surface area (Å²) < 4.78 is 22.6. The Morgan fingerprint density at radius 1 is 1.27 bits per heavy atom. The molecule has 2 rings (SSSR count). The fraction of sp³-hybridized carbons (Fsp3) is 0.100. The van der Waals surface area contributed by atoms with Gasteiger partial charge in [0.25, 0.3) is 9.05 Å². The lowest BCUT2D eigenvalue weighted by Crippen LogP contribution is -1.95. The molecule has 0 aliphatic heterocycles. The van der Waals surface area contributed by atoms with E-state index in [9.17, 15) is 8.42 Å². The second-order valence-corrected chi connectivity index (χ2v) is 5.75. The van der Waals surface area contributed by atoms with Crippen LogP contribution in [0.3, 0.4) is 0 Å². The van der Waals surface area contributed by atoms with Crippen molar-refractivity contribution in [3.8, 4) is 0 Å². The van der Waals surface area contributed by atoms with Gasteiger partial charge in [-0.1, -0.05) is 12.1 Å². The number of fused-ring (bicyclic) bond motifs is 1. The van der Waals surface area contributed by atoms with E-state index in [4.69, 9.17) is 10.7 Å². The third kappa shape index (κ3) is 1.82. The predicted octanol–water partition coefficient (Wildman–Crippen LogP) is 2.47. The van der Waals surface area contributed by atoms with Gasteiger partial charge in [0.15, 0.2) is 0 Å². The lowest BCUT2D eigenvalue weighted by Gasteiger charge is -2.04. The summed E-state index contributed by atoms with van der Waals surface area (Å²) in [5.41, 5.74) is 1.40. The predicted molar refractivity (Wildman–Crippen MR) is 59.5 cm³/mol. The SMILES string of the molecule is Cc1ccc(S(=O)(=O)Cl)c2ncccc12. The molecule has 0 N–H and O–H groups in total. The normalized spacial score (nSPS) is 11.9. The van der Waals surface area contributed by atoms with Crippen molar-refractivity contribution >= 4 is 30.6 Å². The molecule has 1 aromatic carbocycles. The number of rotatable bonds is 1. The van der Waals surface area contributed by atoms with E-state index in [0.29, 0.717) is 5.52 Å². The van der Waals surface area contributed by atoms with Crippen LogP contribution in [0.5, 0.6) is 0 Å². The van der Waals surface area contributed by atoms with Crippen molar-refractivity contribution in [2.75, 3.05) is 0 Å². The van der Waals surface area contributed by atoms with Gasteiger partial charge in [-0.3, -0.25) is 4.98 Å². The number of aryl methyl sites for hydroxylation is 1. The Morgan fingerprint density at radius 3 is 2.67 bits per heavy atom. The molecule has 0 aliphatic carbocycles. The molecule has 0 radical (unpaired) electrons. The Balaban J connectivity index is 2.96. The minimum absolute atomic E-state index is 0.0605. The molecule has 0 amide bonds. The lowest BCUT2D eigenvalue weighted by atomic mass is 10.1. The summed E-state index contributed by atoms with van der Waals surface area (Å²) in [6, 6.07) is 6.79. The first-order chi connectivity index (χ1) is 7.00. The Morgan fingerprint density at radius 2 is 2.00 bits per heavy atom. The van der Waals surface area contributed by atoms with E-state index in [1.165, 1.54) is 6.07 Å². The zero-order valence-corrected chi connectivity index (χ0v) is 9.51. The third-order valence-corrected chi connectivity index (χ3v) is 3.57. The first-order valence-electron chi connectivity index (χ1n) is 4.29. The van der Waals surface area contributed by atoms with Crippen molar-refractivity contribution in [3.05, 3.63) is 36.0 Å². The van der Waals surface area contributed by atoms with Gasteiger partial charge < -0.3 is 0 Å². The second kappa shape index (κ2) is 3.47. The van der Waals surface area contributed by atoms with Gasteiger partial charge in [-0.25, -0.2) is 8.42 Å². The highest BCUT2D eigenvalue weighted by molar-refractivity contribution is 8.14. The van der Waals surface area contributed by atoms with Gasteiger partial charge in [0.05, 0.1) is 5.52 Å². The van der Waals surface area contributed by atoms with Crippen LogP contribution in [0.2, 0.25) is 0 Å². The summed E-state index contributed by atoms with van der Waals surface area (Å²) in [6.45, 7) is 1.90. The Bertz CT molecular complexity index is 622. The molecule has 0 aliphatic rings. The molecule has 5 heteroatoms. The number of halogens is 1. The van der Waals surface area contributed by atoms with Crippen LogP contribution in [-0.4, -0.2) is 13.4 Å². The maximum absolute atomic E-state index is 11.3. The molecule has 0 atom stereocenters. The standard InChI is InChI=1S/C10H8ClNO2S/c1-7-4-5-9(15(11,13)14)10-8(7)3-2-6-12-10/h2-6H,1H3. The first-order valence-corrected chi connectivity index (χ1v) is 6.60. The highest BCUT2D eigenvalue weighted by Gasteiger charge is 2.15. The maximum Gasteiger partial charge on any atom is 0.263 e. The molecule has 0 saturated heterocycles. The first kappa shape index (κ1) is 10.4. The van der Waals surface area contributed by atoms with Gasteiger partial charge in [-0.15, -0.1) is 0 Å². The van der Waals surface area contributed by atoms with Crippen LogP contribution < -0.4 is 0 Å². The van der Waals surface area contributed by atoms with Crippen LogP contribution in [0.4, 0.5) is 0 Å². The zero-order valence-electron chi connectivity index (χ0n) is 7.94. The summed E-state index contributed by atoms with van der Waals surface area (Å²) in [5.74, 6) is 0. The van der Waals surface area contributed by atoms with E-state index in [2.05, 4.69) is 4.98 Å². The van der Waals surface area contributed by atoms with Crippen molar-refractivity contribution in [2.24, 2.45) is 0 Å². The molecule has 3 nitrogen and oxygen atoms in total. The second-order valence-electron chi connectivity index (χ2n) is 3.22. The summed E-state index contributed by atoms with van der Waals surface area (Å²) in [7, 11) is 1.59. The number of hydrogen-bond acceptors (Lipinski definition) is 3. The highest BCUT2D eigenvalue weighted by atomic mass is 35.7. The van der Waals surface area contributed by atoms with E-state index >= 15 is 0 Å². The molecule has 0 bridgehead atoms. The van der Waals surface area contributed by atoms with Gasteiger partial charge in [0.2, 0.25) is 0 Å². The number of aromatic nitrogens is 1. The smallest absolute Gasteiger partial charge is 0.255 e. The molecule has 0 saturated carbocycles. The number of nitrogens with zero attached hydrogens (tertiary/aromatic N) is 1. The molecule has 1 aromatic heterocycles. The topological polar surface area (TPSA) is 47.0 Å². The molecular formula is C10H8ClNO2S. The van der Waals surface area contributed by atoms with Crippen LogP contribution in [0, 0.1) is 6.92 Å². The molecule has 15 heavy (non-hydrogen) atoms. The van der Waals surface area contributed by atoms with Crippen molar-refractivity contribution in [1.29, 1.82) is 0 Å². The summed E-state index contributed by atoms with van der Waals surface area (Å²) in [4.78, 5) is 4.11. The van der Waals surface area contributed by atoms with Gasteiger partial charge in [0.1, 0.15) is 4.90 Å². The molecular weight excluding hydrogens is 234 g/mol. The number of pyridine rings is 1. The molecule has 2 aromatic rings. The average Bonchev–Trinajstić information content (AvgIpc) is 2.17. The van der Waals surface area contributed by atoms with Crippen LogP contribution in [0.25, 0.3) is 10.9 Å². The minimum Gasteiger partial charge on any atom is -0.255 e. The molecule has 1 heterocycles. The molecule has 0 unspecified atom stereocenters. The third-order valence-electron chi connectivity index (χ3n) is 2.21. The van der Waals surface area contributed by atoms with Gasteiger partial charge in [0, 0.05) is 22.3 Å². The van der Waals surface area contributed by atoms with Crippen molar-refractivity contribution in [2.45, 2.75) is 11.8 Å². The minimum atomic E-state index is -3.74. The molecule has 0 spiro atoms. The van der Waals surface area contributed by atoms with E-state index < -0.39 is 9.05 Å². The lowest BCUT2D eigenvalue weighted by molar-refractivity contribution is 0.610. The zero-order chi connectivity index (χ0) is 11.1. The van der Waals surface area contributed by atoms with Crippen molar-refractivity contribution < 1.29 is 8.42 Å². The summed E-state index contributed by atoms with van der Waals surface area (Å²) in [5, 5.41) is 0.805. The van der Waals surface area contributed by atoms with E-state index in [0.717, 1.165) is 10.9 Å². The van der Waals surface area contributed by atoms with Gasteiger partial charge >= 0.3 is 0 Å². The Kier molecular flexibility index (Phi) is 2.40. The van der Waals surface area contributed by atoms with E-state index in [1.54, 1.807) is 18.3 Å². The highest BCUT2D eigenvalue weighted by Crippen LogP contribution is 2.25. The summed E-state index contributed by atoms with van der Waals surface area (Å²) >= 11 is 0. The fourth-order valence-electron chi connectivity index (χ4n) is 1.49. The van der Waals surface area contributed by atoms with Crippen LogP contribution in [0.15, 0.2) is 35.4 Å². The number of benzene rings is 1. The van der Waals surface area contributed by atoms with Crippen LogP contribution in [0.1, 0.15) is 5.56 Å². The van der Waals surface area contributed by atoms with E-state index in [1.807, 2.05) is 13.0 Å². The van der Waals surface area contributed by atoms with Gasteiger partial charge in [-0.2, -0.15) is 0 Å². The average molecular weight is 242 g/mol. The van der Waals surface area contributed by atoms with Crippen molar-refractivity contribution in [3.63, 3.8) is 0 Å². The fourth-order valence-corrected chi connectivity index (χ4v) is 2.48. The molecule has 0 fully saturated rings. The van der Waals surface area contributed by atoms with Gasteiger partial charge in [-0.05, 0) is 24.6 Å². The van der Waals surface area contributed by atoms with Crippen LogP contribution >= 0.6 is 10.7 Å².